The molecule has 0 aliphatic heterocycles. The second-order valence-corrected chi connectivity index (χ2v) is 3.00. The first-order valence-corrected chi connectivity index (χ1v) is 3.81. The van der Waals surface area contributed by atoms with Crippen LogP contribution < -0.4 is 0 Å². The summed E-state index contributed by atoms with van der Waals surface area (Å²) in [7, 11) is 0. The van der Waals surface area contributed by atoms with Gasteiger partial charge in [0.05, 0.1) is 11.6 Å². The van der Waals surface area contributed by atoms with Crippen molar-refractivity contribution in [1.82, 2.24) is 0 Å². The van der Waals surface area contributed by atoms with E-state index in [1.165, 1.54) is 0 Å². The van der Waals surface area contributed by atoms with E-state index in [4.69, 9.17) is 41.4 Å². The van der Waals surface area contributed by atoms with E-state index in [9.17, 15) is 0 Å². The molecule has 1 nitrogen and oxygen atoms in total. The van der Waals surface area contributed by atoms with Gasteiger partial charge in [-0.1, -0.05) is 40.9 Å². The highest BCUT2D eigenvalue weighted by Gasteiger charge is 2.07. The zero-order chi connectivity index (χ0) is 8.43. The second-order valence-electron chi connectivity index (χ2n) is 1.80. The smallest absolute Gasteiger partial charge is 0.225 e. The largest absolute Gasteiger partial charge is 0.235 e. The molecule has 0 heterocycles. The van der Waals surface area contributed by atoms with Gasteiger partial charge in [0.25, 0.3) is 0 Å². The monoisotopic (exact) mass is 205 g/mol. The first-order chi connectivity index (χ1) is 5.16. The molecule has 0 unspecified atom stereocenters. The van der Waals surface area contributed by atoms with Crippen LogP contribution in [0, 0.1) is 6.57 Å². The summed E-state index contributed by atoms with van der Waals surface area (Å²) in [4.78, 5) is 3.13. The van der Waals surface area contributed by atoms with E-state index in [0.29, 0.717) is 10.0 Å². The maximum Gasteiger partial charge on any atom is 0.225 e. The molecular weight excluding hydrogens is 204 g/mol. The maximum absolute atomic E-state index is 6.72. The zero-order valence-corrected chi connectivity index (χ0v) is 7.50. The highest BCUT2D eigenvalue weighted by atomic mass is 35.5. The van der Waals surface area contributed by atoms with Crippen molar-refractivity contribution < 1.29 is 0 Å². The van der Waals surface area contributed by atoms with E-state index in [1.807, 2.05) is 0 Å². The van der Waals surface area contributed by atoms with Crippen molar-refractivity contribution in [1.29, 1.82) is 0 Å². The van der Waals surface area contributed by atoms with Crippen LogP contribution >= 0.6 is 34.8 Å². The molecule has 11 heavy (non-hydrogen) atoms. The fourth-order valence-electron chi connectivity index (χ4n) is 0.619. The summed E-state index contributed by atoms with van der Waals surface area (Å²) in [6, 6.07) is 3.10. The Kier molecular flexibility index (Phi) is 2.62. The van der Waals surface area contributed by atoms with E-state index in [-0.39, 0.29) is 10.7 Å². The fraction of sp³-hybridized carbons (Fsp3) is 0. The van der Waals surface area contributed by atoms with Gasteiger partial charge >= 0.3 is 0 Å². The predicted molar refractivity (Wildman–Crippen MR) is 47.7 cm³/mol. The summed E-state index contributed by atoms with van der Waals surface area (Å²) in [5.74, 6) is 0. The van der Waals surface area contributed by atoms with Crippen molar-refractivity contribution in [3.8, 4) is 0 Å². The van der Waals surface area contributed by atoms with Crippen LogP contribution in [0.15, 0.2) is 12.1 Å². The van der Waals surface area contributed by atoms with Gasteiger partial charge in [0.2, 0.25) is 5.69 Å². The van der Waals surface area contributed by atoms with E-state index < -0.39 is 0 Å². The van der Waals surface area contributed by atoms with Crippen LogP contribution in [0.3, 0.4) is 0 Å². The quantitative estimate of drug-likeness (QED) is 0.443. The Morgan fingerprint density at radius 1 is 1.09 bits per heavy atom. The summed E-state index contributed by atoms with van der Waals surface area (Å²) in [6.07, 6.45) is 0. The maximum atomic E-state index is 6.72. The van der Waals surface area contributed by atoms with Gasteiger partial charge in [0.15, 0.2) is 0 Å². The number of nitrogens with zero attached hydrogens (tertiary/aromatic N) is 1. The molecule has 1 aromatic carbocycles. The van der Waals surface area contributed by atoms with Crippen molar-refractivity contribution in [2.75, 3.05) is 0 Å². The van der Waals surface area contributed by atoms with Crippen LogP contribution in [0.2, 0.25) is 15.1 Å². The van der Waals surface area contributed by atoms with E-state index in [2.05, 4.69) is 4.85 Å². The molecule has 0 fully saturated rings. The molecule has 0 spiro atoms. The van der Waals surface area contributed by atoms with Gasteiger partial charge in [-0.2, -0.15) is 0 Å². The first-order valence-electron chi connectivity index (χ1n) is 2.67. The minimum absolute atomic E-state index is 0.209. The third-order valence-electron chi connectivity index (χ3n) is 1.13. The lowest BCUT2D eigenvalue weighted by Gasteiger charge is -1.98. The molecule has 1 aromatic rings. The summed E-state index contributed by atoms with van der Waals surface area (Å²) in [6.45, 7) is 6.72. The van der Waals surface area contributed by atoms with Gasteiger partial charge in [-0.15, -0.1) is 0 Å². The molecule has 0 aromatic heterocycles. The molecule has 4 heteroatoms. The van der Waals surface area contributed by atoms with Crippen molar-refractivity contribution in [2.45, 2.75) is 0 Å². The molecule has 0 aliphatic rings. The standard InChI is InChI=1S/C7H2Cl3N/c1-11-7-5(9)3-2-4(8)6(7)10/h2-3H. The normalized spacial score (nSPS) is 9.27. The van der Waals surface area contributed by atoms with Gasteiger partial charge in [-0.3, -0.25) is 0 Å². The Hall–Kier alpha value is -0.420. The Morgan fingerprint density at radius 3 is 2.09 bits per heavy atom. The molecule has 0 amide bonds. The summed E-state index contributed by atoms with van der Waals surface area (Å²) in [5, 5.41) is 0.894. The van der Waals surface area contributed by atoms with Crippen molar-refractivity contribution in [3.05, 3.63) is 38.6 Å². The first kappa shape index (κ1) is 8.67. The number of hydrogen-bond donors (Lipinski definition) is 0. The molecular formula is C7H2Cl3N. The molecule has 0 N–H and O–H groups in total. The minimum Gasteiger partial charge on any atom is -0.235 e. The minimum atomic E-state index is 0.209. The third-order valence-corrected chi connectivity index (χ3v) is 2.23. The Labute approximate surface area is 79.3 Å². The lowest BCUT2D eigenvalue weighted by molar-refractivity contribution is 1.71. The Morgan fingerprint density at radius 2 is 1.64 bits per heavy atom. The van der Waals surface area contributed by atoms with E-state index >= 15 is 0 Å². The summed E-state index contributed by atoms with van der Waals surface area (Å²) in [5.41, 5.74) is 0.209. The van der Waals surface area contributed by atoms with Crippen LogP contribution in [0.25, 0.3) is 4.85 Å². The topological polar surface area (TPSA) is 4.36 Å². The van der Waals surface area contributed by atoms with Gasteiger partial charge in [0.1, 0.15) is 0 Å². The summed E-state index contributed by atoms with van der Waals surface area (Å²) >= 11 is 16.9. The molecule has 1 rings (SSSR count). The highest BCUT2D eigenvalue weighted by Crippen LogP contribution is 2.37. The average molecular weight is 206 g/mol. The van der Waals surface area contributed by atoms with Crippen molar-refractivity contribution >= 4 is 40.5 Å². The van der Waals surface area contributed by atoms with Crippen molar-refractivity contribution in [2.24, 2.45) is 0 Å². The van der Waals surface area contributed by atoms with Crippen LogP contribution in [-0.2, 0) is 0 Å². The lowest BCUT2D eigenvalue weighted by Crippen LogP contribution is -1.70. The SMILES string of the molecule is [C-]#[N+]c1c(Cl)ccc(Cl)c1Cl. The lowest BCUT2D eigenvalue weighted by atomic mass is 10.3. The van der Waals surface area contributed by atoms with Crippen LogP contribution in [0.5, 0.6) is 0 Å². The van der Waals surface area contributed by atoms with Crippen LogP contribution in [0.4, 0.5) is 5.69 Å². The van der Waals surface area contributed by atoms with Crippen LogP contribution in [0.1, 0.15) is 0 Å². The number of benzene rings is 1. The van der Waals surface area contributed by atoms with Gasteiger partial charge < -0.3 is 0 Å². The molecule has 56 valence electrons. The molecule has 0 saturated carbocycles. The second kappa shape index (κ2) is 3.32. The Balaban J connectivity index is 3.44. The van der Waals surface area contributed by atoms with Gasteiger partial charge in [-0.05, 0) is 6.07 Å². The third kappa shape index (κ3) is 1.59. The number of hydrogen-bond acceptors (Lipinski definition) is 0. The fourth-order valence-corrected chi connectivity index (χ4v) is 1.23. The van der Waals surface area contributed by atoms with Gasteiger partial charge in [0, 0.05) is 10.0 Å². The van der Waals surface area contributed by atoms with E-state index in [1.54, 1.807) is 12.1 Å². The number of rotatable bonds is 0. The summed E-state index contributed by atoms with van der Waals surface area (Å²) < 4.78 is 0. The molecule has 0 saturated heterocycles. The zero-order valence-electron chi connectivity index (χ0n) is 5.24. The average Bonchev–Trinajstić information content (AvgIpc) is 1.99. The molecule has 0 aliphatic carbocycles. The van der Waals surface area contributed by atoms with Gasteiger partial charge in [-0.25, -0.2) is 4.85 Å². The van der Waals surface area contributed by atoms with Crippen LogP contribution in [-0.4, -0.2) is 0 Å². The molecule has 0 bridgehead atoms. The highest BCUT2D eigenvalue weighted by molar-refractivity contribution is 6.46. The van der Waals surface area contributed by atoms with Crippen molar-refractivity contribution in [3.63, 3.8) is 0 Å². The molecule has 0 atom stereocenters. The number of halogens is 3. The predicted octanol–water partition coefficient (Wildman–Crippen LogP) is 4.20. The van der Waals surface area contributed by atoms with E-state index in [0.717, 1.165) is 0 Å². The Bertz CT molecular complexity index is 327. The molecule has 0 radical (unpaired) electrons.